The molecule has 98 valence electrons. The lowest BCUT2D eigenvalue weighted by atomic mass is 10.2. The van der Waals surface area contributed by atoms with E-state index in [0.717, 1.165) is 5.56 Å². The smallest absolute Gasteiger partial charge is 0.228 e. The maximum Gasteiger partial charge on any atom is 0.228 e. The molecule has 3 nitrogen and oxygen atoms in total. The highest BCUT2D eigenvalue weighted by Gasteiger charge is 2.17. The van der Waals surface area contributed by atoms with E-state index in [4.69, 9.17) is 11.6 Å². The van der Waals surface area contributed by atoms with Crippen LogP contribution in [0.4, 0.5) is 15.8 Å². The molecular formula is C14H12ClFN2O. The normalized spacial score (nSPS) is 10.3. The van der Waals surface area contributed by atoms with Gasteiger partial charge in [-0.1, -0.05) is 11.6 Å². The number of pyridine rings is 1. The maximum absolute atomic E-state index is 13.5. The Kier molecular flexibility index (Phi) is 3.81. The molecule has 0 atom stereocenters. The molecule has 1 heterocycles. The van der Waals surface area contributed by atoms with Crippen LogP contribution in [0.3, 0.4) is 0 Å². The van der Waals surface area contributed by atoms with Crippen molar-refractivity contribution in [3.63, 3.8) is 0 Å². The molecule has 0 unspecified atom stereocenters. The van der Waals surface area contributed by atoms with Gasteiger partial charge in [-0.15, -0.1) is 0 Å². The highest BCUT2D eigenvalue weighted by molar-refractivity contribution is 6.30. The minimum Gasteiger partial charge on any atom is -0.279 e. The van der Waals surface area contributed by atoms with Crippen molar-refractivity contribution in [1.82, 2.24) is 4.98 Å². The molecule has 5 heteroatoms. The zero-order valence-corrected chi connectivity index (χ0v) is 11.3. The van der Waals surface area contributed by atoms with E-state index in [1.807, 2.05) is 6.92 Å². The molecule has 0 aliphatic heterocycles. The standard InChI is InChI=1S/C14H12ClFN2O/c1-9-5-6-17-8-14(9)18(10(2)19)11-3-4-12(15)13(16)7-11/h3-8H,1-2H3. The van der Waals surface area contributed by atoms with Crippen molar-refractivity contribution in [2.24, 2.45) is 0 Å². The third kappa shape index (κ3) is 2.74. The van der Waals surface area contributed by atoms with Gasteiger partial charge in [0.25, 0.3) is 0 Å². The first kappa shape index (κ1) is 13.5. The molecule has 1 aromatic carbocycles. The van der Waals surface area contributed by atoms with Crippen LogP contribution in [0.25, 0.3) is 0 Å². The van der Waals surface area contributed by atoms with E-state index in [2.05, 4.69) is 4.98 Å². The van der Waals surface area contributed by atoms with Crippen LogP contribution in [0.1, 0.15) is 12.5 Å². The fraction of sp³-hybridized carbons (Fsp3) is 0.143. The second-order valence-electron chi connectivity index (χ2n) is 4.12. The monoisotopic (exact) mass is 278 g/mol. The first-order chi connectivity index (χ1) is 9.00. The molecule has 1 amide bonds. The highest BCUT2D eigenvalue weighted by atomic mass is 35.5. The molecule has 0 saturated carbocycles. The van der Waals surface area contributed by atoms with Crippen LogP contribution >= 0.6 is 11.6 Å². The van der Waals surface area contributed by atoms with Gasteiger partial charge in [0.2, 0.25) is 5.91 Å². The topological polar surface area (TPSA) is 33.2 Å². The van der Waals surface area contributed by atoms with Gasteiger partial charge in [0.1, 0.15) is 5.82 Å². The minimum atomic E-state index is -0.563. The SMILES string of the molecule is CC(=O)N(c1ccc(Cl)c(F)c1)c1cnccc1C. The van der Waals surface area contributed by atoms with E-state index in [9.17, 15) is 9.18 Å². The molecule has 0 aliphatic carbocycles. The summed E-state index contributed by atoms with van der Waals surface area (Å²) in [5.41, 5.74) is 1.92. The Morgan fingerprint density at radius 1 is 1.37 bits per heavy atom. The zero-order valence-electron chi connectivity index (χ0n) is 10.5. The van der Waals surface area contributed by atoms with Crippen molar-refractivity contribution < 1.29 is 9.18 Å². The van der Waals surface area contributed by atoms with Crippen LogP contribution in [0.5, 0.6) is 0 Å². The van der Waals surface area contributed by atoms with Gasteiger partial charge in [-0.2, -0.15) is 0 Å². The Morgan fingerprint density at radius 2 is 2.11 bits per heavy atom. The van der Waals surface area contributed by atoms with Crippen molar-refractivity contribution in [3.05, 3.63) is 53.1 Å². The summed E-state index contributed by atoms with van der Waals surface area (Å²) in [6.07, 6.45) is 3.21. The van der Waals surface area contributed by atoms with E-state index in [-0.39, 0.29) is 10.9 Å². The van der Waals surface area contributed by atoms with Gasteiger partial charge in [0, 0.05) is 13.1 Å². The molecule has 1 aromatic heterocycles. The first-order valence-electron chi connectivity index (χ1n) is 5.67. The summed E-state index contributed by atoms with van der Waals surface area (Å²) in [5.74, 6) is -0.787. The van der Waals surface area contributed by atoms with Crippen molar-refractivity contribution in [2.75, 3.05) is 4.90 Å². The number of aromatic nitrogens is 1. The summed E-state index contributed by atoms with van der Waals surface area (Å²) in [4.78, 5) is 17.2. The Balaban J connectivity index is 2.55. The van der Waals surface area contributed by atoms with Crippen molar-refractivity contribution >= 4 is 28.9 Å². The number of hydrogen-bond acceptors (Lipinski definition) is 2. The van der Waals surface area contributed by atoms with Crippen LogP contribution in [0, 0.1) is 12.7 Å². The average Bonchev–Trinajstić information content (AvgIpc) is 2.36. The second kappa shape index (κ2) is 5.36. The summed E-state index contributed by atoms with van der Waals surface area (Å²) in [6, 6.07) is 6.04. The van der Waals surface area contributed by atoms with Gasteiger partial charge in [-0.05, 0) is 36.8 Å². The van der Waals surface area contributed by atoms with E-state index in [1.54, 1.807) is 24.5 Å². The number of carbonyl (C=O) groups is 1. The third-order valence-electron chi connectivity index (χ3n) is 2.73. The van der Waals surface area contributed by atoms with Crippen LogP contribution in [0.15, 0.2) is 36.7 Å². The number of anilines is 2. The fourth-order valence-corrected chi connectivity index (χ4v) is 1.92. The van der Waals surface area contributed by atoms with Crippen molar-refractivity contribution in [2.45, 2.75) is 13.8 Å². The van der Waals surface area contributed by atoms with E-state index in [0.29, 0.717) is 11.4 Å². The summed E-state index contributed by atoms with van der Waals surface area (Å²) >= 11 is 5.65. The van der Waals surface area contributed by atoms with E-state index < -0.39 is 5.82 Å². The Morgan fingerprint density at radius 3 is 2.68 bits per heavy atom. The summed E-state index contributed by atoms with van der Waals surface area (Å²) in [7, 11) is 0. The quantitative estimate of drug-likeness (QED) is 0.835. The Bertz CT molecular complexity index is 631. The van der Waals surface area contributed by atoms with Gasteiger partial charge in [0.15, 0.2) is 0 Å². The second-order valence-corrected chi connectivity index (χ2v) is 4.52. The summed E-state index contributed by atoms with van der Waals surface area (Å²) in [6.45, 7) is 3.28. The molecule has 0 bridgehead atoms. The van der Waals surface area contributed by atoms with Crippen molar-refractivity contribution in [1.29, 1.82) is 0 Å². The van der Waals surface area contributed by atoms with Crippen LogP contribution < -0.4 is 4.90 Å². The fourth-order valence-electron chi connectivity index (χ4n) is 1.80. The Hall–Kier alpha value is -1.94. The predicted molar refractivity (Wildman–Crippen MR) is 73.2 cm³/mol. The lowest BCUT2D eigenvalue weighted by Crippen LogP contribution is -2.23. The summed E-state index contributed by atoms with van der Waals surface area (Å²) < 4.78 is 13.5. The van der Waals surface area contributed by atoms with Crippen LogP contribution in [-0.2, 0) is 4.79 Å². The molecule has 19 heavy (non-hydrogen) atoms. The van der Waals surface area contributed by atoms with Crippen LogP contribution in [-0.4, -0.2) is 10.9 Å². The number of rotatable bonds is 2. The lowest BCUT2D eigenvalue weighted by molar-refractivity contribution is -0.115. The molecular weight excluding hydrogens is 267 g/mol. The molecule has 2 aromatic rings. The largest absolute Gasteiger partial charge is 0.279 e. The predicted octanol–water partition coefficient (Wildman–Crippen LogP) is 3.87. The third-order valence-corrected chi connectivity index (χ3v) is 3.04. The minimum absolute atomic E-state index is 0.0233. The zero-order chi connectivity index (χ0) is 14.0. The molecule has 2 rings (SSSR count). The Labute approximate surface area is 115 Å². The van der Waals surface area contributed by atoms with Gasteiger partial charge >= 0.3 is 0 Å². The van der Waals surface area contributed by atoms with Crippen molar-refractivity contribution in [3.8, 4) is 0 Å². The lowest BCUT2D eigenvalue weighted by Gasteiger charge is -2.22. The first-order valence-corrected chi connectivity index (χ1v) is 6.05. The number of carbonyl (C=O) groups excluding carboxylic acids is 1. The van der Waals surface area contributed by atoms with Gasteiger partial charge in [-0.3, -0.25) is 14.7 Å². The number of nitrogens with zero attached hydrogens (tertiary/aromatic N) is 2. The van der Waals surface area contributed by atoms with E-state index >= 15 is 0 Å². The molecule has 0 fully saturated rings. The number of halogens is 2. The van der Waals surface area contributed by atoms with Gasteiger partial charge in [-0.25, -0.2) is 4.39 Å². The molecule has 0 spiro atoms. The highest BCUT2D eigenvalue weighted by Crippen LogP contribution is 2.30. The number of benzene rings is 1. The molecule has 0 saturated heterocycles. The molecule has 0 radical (unpaired) electrons. The van der Waals surface area contributed by atoms with Gasteiger partial charge < -0.3 is 0 Å². The molecule has 0 aliphatic rings. The number of hydrogen-bond donors (Lipinski definition) is 0. The average molecular weight is 279 g/mol. The van der Waals surface area contributed by atoms with Gasteiger partial charge in [0.05, 0.1) is 22.6 Å². The number of amides is 1. The maximum atomic E-state index is 13.5. The molecule has 0 N–H and O–H groups in total. The van der Waals surface area contributed by atoms with Crippen LogP contribution in [0.2, 0.25) is 5.02 Å². The van der Waals surface area contributed by atoms with E-state index in [1.165, 1.54) is 24.0 Å². The number of aryl methyl sites for hydroxylation is 1. The summed E-state index contributed by atoms with van der Waals surface area (Å²) in [5, 5.41) is 0.0233.